The average molecular weight is 398 g/mol. The van der Waals surface area contributed by atoms with Crippen LogP contribution < -0.4 is 5.73 Å². The van der Waals surface area contributed by atoms with Crippen LogP contribution in [0.1, 0.15) is 36.7 Å². The Hall–Kier alpha value is -2.50. The molecule has 2 atom stereocenters. The highest BCUT2D eigenvalue weighted by molar-refractivity contribution is 6.31. The summed E-state index contributed by atoms with van der Waals surface area (Å²) in [4.78, 5) is 18.5. The van der Waals surface area contributed by atoms with Gasteiger partial charge in [-0.05, 0) is 53.8 Å². The maximum absolute atomic E-state index is 13.2. The molecule has 0 spiro atoms. The highest BCUT2D eigenvalue weighted by Gasteiger charge is 2.37. The van der Waals surface area contributed by atoms with Gasteiger partial charge in [-0.15, -0.1) is 0 Å². The molecule has 0 fully saturated rings. The van der Waals surface area contributed by atoms with Crippen LogP contribution in [0, 0.1) is 5.92 Å². The van der Waals surface area contributed by atoms with Crippen LogP contribution in [0.4, 0.5) is 0 Å². The number of rotatable bonds is 3. The monoisotopic (exact) mass is 397 g/mol. The summed E-state index contributed by atoms with van der Waals surface area (Å²) in [6.07, 6.45) is 0.724. The third-order valence-electron chi connectivity index (χ3n) is 5.56. The van der Waals surface area contributed by atoms with Crippen molar-refractivity contribution in [2.45, 2.75) is 32.4 Å². The molecule has 4 N–H and O–H groups in total. The van der Waals surface area contributed by atoms with Gasteiger partial charge < -0.3 is 20.7 Å². The van der Waals surface area contributed by atoms with Crippen molar-refractivity contribution >= 4 is 28.4 Å². The number of amides is 1. The lowest BCUT2D eigenvalue weighted by molar-refractivity contribution is -0.135. The molecule has 2 aromatic carbocycles. The molecular formula is C22H24ClN3O2. The van der Waals surface area contributed by atoms with E-state index in [1.165, 1.54) is 0 Å². The van der Waals surface area contributed by atoms with Gasteiger partial charge in [0.15, 0.2) is 0 Å². The van der Waals surface area contributed by atoms with Crippen LogP contribution in [0.2, 0.25) is 5.02 Å². The summed E-state index contributed by atoms with van der Waals surface area (Å²) in [6, 6.07) is 11.9. The van der Waals surface area contributed by atoms with E-state index in [-0.39, 0.29) is 23.6 Å². The largest absolute Gasteiger partial charge is 0.508 e. The second kappa shape index (κ2) is 7.15. The van der Waals surface area contributed by atoms with E-state index in [9.17, 15) is 9.90 Å². The van der Waals surface area contributed by atoms with E-state index < -0.39 is 6.04 Å². The first-order valence-corrected chi connectivity index (χ1v) is 9.89. The van der Waals surface area contributed by atoms with Gasteiger partial charge in [0.05, 0.1) is 12.1 Å². The maximum atomic E-state index is 13.2. The first kappa shape index (κ1) is 18.8. The zero-order valence-electron chi connectivity index (χ0n) is 15.9. The van der Waals surface area contributed by atoms with Gasteiger partial charge in [-0.3, -0.25) is 4.79 Å². The van der Waals surface area contributed by atoms with Crippen LogP contribution in [-0.2, 0) is 11.2 Å². The number of nitrogens with two attached hydrogens (primary N) is 1. The molecule has 2 heterocycles. The average Bonchev–Trinajstić information content (AvgIpc) is 3.03. The number of phenols is 1. The van der Waals surface area contributed by atoms with Gasteiger partial charge in [-0.25, -0.2) is 0 Å². The van der Waals surface area contributed by atoms with Gasteiger partial charge in [0, 0.05) is 28.2 Å². The molecule has 6 heteroatoms. The molecule has 3 aromatic rings. The number of carbonyl (C=O) groups excluding carboxylic acids is 1. The standard InChI is InChI=1S/C22H24ClN3O2/c1-12(2)19(24)22(28)26-9-8-16-17-11-14(23)6-7-18(17)25-20(16)21(26)13-4-3-5-15(27)10-13/h3-7,10-12,19,21,25,27H,8-9,24H2,1-2H3/t19-,21?/m0/s1. The molecule has 0 saturated heterocycles. The number of nitrogens with zero attached hydrogens (tertiary/aromatic N) is 1. The Bertz CT molecular complexity index is 1040. The Kier molecular flexibility index (Phi) is 4.81. The van der Waals surface area contributed by atoms with Crippen molar-refractivity contribution in [1.82, 2.24) is 9.88 Å². The van der Waals surface area contributed by atoms with Crippen LogP contribution in [0.15, 0.2) is 42.5 Å². The van der Waals surface area contributed by atoms with E-state index in [0.29, 0.717) is 11.6 Å². The molecule has 0 radical (unpaired) electrons. The zero-order valence-corrected chi connectivity index (χ0v) is 16.7. The van der Waals surface area contributed by atoms with Crippen molar-refractivity contribution in [3.63, 3.8) is 0 Å². The number of hydrogen-bond acceptors (Lipinski definition) is 3. The second-order valence-corrected chi connectivity index (χ2v) is 8.19. The minimum atomic E-state index is -0.569. The van der Waals surface area contributed by atoms with Gasteiger partial charge in [-0.1, -0.05) is 37.6 Å². The van der Waals surface area contributed by atoms with Crippen LogP contribution in [0.25, 0.3) is 10.9 Å². The number of nitrogens with one attached hydrogen (secondary N) is 1. The van der Waals surface area contributed by atoms with E-state index in [2.05, 4.69) is 4.98 Å². The molecule has 0 saturated carbocycles. The number of hydrogen-bond donors (Lipinski definition) is 3. The number of aromatic hydroxyl groups is 1. The molecule has 28 heavy (non-hydrogen) atoms. The van der Waals surface area contributed by atoms with Crippen LogP contribution >= 0.6 is 11.6 Å². The topological polar surface area (TPSA) is 82.4 Å². The molecule has 0 bridgehead atoms. The fourth-order valence-corrected chi connectivity index (χ4v) is 4.19. The summed E-state index contributed by atoms with van der Waals surface area (Å²) in [7, 11) is 0. The van der Waals surface area contributed by atoms with Crippen molar-refractivity contribution in [1.29, 1.82) is 0 Å². The Balaban J connectivity index is 1.88. The van der Waals surface area contributed by atoms with Crippen LogP contribution in [-0.4, -0.2) is 33.5 Å². The lowest BCUT2D eigenvalue weighted by atomic mass is 9.91. The second-order valence-electron chi connectivity index (χ2n) is 7.76. The highest BCUT2D eigenvalue weighted by Crippen LogP contribution is 2.40. The van der Waals surface area contributed by atoms with Gasteiger partial charge in [0.2, 0.25) is 5.91 Å². The number of phenolic OH excluding ortho intramolecular Hbond substituents is 1. The Morgan fingerprint density at radius 2 is 2.07 bits per heavy atom. The van der Waals surface area contributed by atoms with E-state index >= 15 is 0 Å². The van der Waals surface area contributed by atoms with E-state index in [4.69, 9.17) is 17.3 Å². The van der Waals surface area contributed by atoms with E-state index in [0.717, 1.165) is 34.1 Å². The predicted octanol–water partition coefficient (Wildman–Crippen LogP) is 3.98. The fourth-order valence-electron chi connectivity index (χ4n) is 4.02. The molecule has 1 unspecified atom stereocenters. The summed E-state index contributed by atoms with van der Waals surface area (Å²) in [5.41, 5.74) is 10.2. The predicted molar refractivity (Wildman–Crippen MR) is 111 cm³/mol. The lowest BCUT2D eigenvalue weighted by Crippen LogP contribution is -2.50. The number of carbonyl (C=O) groups is 1. The smallest absolute Gasteiger partial charge is 0.240 e. The summed E-state index contributed by atoms with van der Waals surface area (Å²) in [5, 5.41) is 11.8. The van der Waals surface area contributed by atoms with Gasteiger partial charge >= 0.3 is 0 Å². The van der Waals surface area contributed by atoms with E-state index in [1.54, 1.807) is 18.2 Å². The summed E-state index contributed by atoms with van der Waals surface area (Å²) >= 11 is 6.22. The quantitative estimate of drug-likeness (QED) is 0.625. The molecular weight excluding hydrogens is 374 g/mol. The van der Waals surface area contributed by atoms with Gasteiger partial charge in [-0.2, -0.15) is 0 Å². The van der Waals surface area contributed by atoms with Gasteiger partial charge in [0.1, 0.15) is 5.75 Å². The lowest BCUT2D eigenvalue weighted by Gasteiger charge is -2.38. The molecule has 1 aliphatic rings. The van der Waals surface area contributed by atoms with Crippen molar-refractivity contribution in [3.8, 4) is 5.75 Å². The SMILES string of the molecule is CC(C)[C@H](N)C(=O)N1CCc2c([nH]c3ccc(Cl)cc23)C1c1cccc(O)c1. The molecule has 0 aliphatic carbocycles. The van der Waals surface area contributed by atoms with Crippen LogP contribution in [0.5, 0.6) is 5.75 Å². The number of halogens is 1. The first-order valence-electron chi connectivity index (χ1n) is 9.52. The van der Waals surface area contributed by atoms with Crippen molar-refractivity contribution in [2.75, 3.05) is 6.54 Å². The third kappa shape index (κ3) is 3.15. The van der Waals surface area contributed by atoms with Gasteiger partial charge in [0.25, 0.3) is 0 Å². The molecule has 146 valence electrons. The number of H-pyrrole nitrogens is 1. The van der Waals surface area contributed by atoms with Crippen molar-refractivity contribution < 1.29 is 9.90 Å². The Morgan fingerprint density at radius 1 is 1.29 bits per heavy atom. The molecule has 5 nitrogen and oxygen atoms in total. The molecule has 4 rings (SSSR count). The minimum Gasteiger partial charge on any atom is -0.508 e. The number of fused-ring (bicyclic) bond motifs is 3. The minimum absolute atomic E-state index is 0.0419. The molecule has 1 amide bonds. The summed E-state index contributed by atoms with van der Waals surface area (Å²) in [6.45, 7) is 4.46. The molecule has 1 aromatic heterocycles. The summed E-state index contributed by atoms with van der Waals surface area (Å²) in [5.74, 6) is 0.135. The first-order chi connectivity index (χ1) is 13.4. The zero-order chi connectivity index (χ0) is 20.0. The summed E-state index contributed by atoms with van der Waals surface area (Å²) < 4.78 is 0. The molecule has 1 aliphatic heterocycles. The Labute approximate surface area is 169 Å². The number of aromatic amines is 1. The fraction of sp³-hybridized carbons (Fsp3) is 0.318. The highest BCUT2D eigenvalue weighted by atomic mass is 35.5. The van der Waals surface area contributed by atoms with Crippen molar-refractivity contribution in [3.05, 3.63) is 64.3 Å². The Morgan fingerprint density at radius 3 is 2.79 bits per heavy atom. The van der Waals surface area contributed by atoms with E-state index in [1.807, 2.05) is 43.0 Å². The van der Waals surface area contributed by atoms with Crippen LogP contribution in [0.3, 0.4) is 0 Å². The number of benzene rings is 2. The normalized spacial score (nSPS) is 17.8. The number of aromatic nitrogens is 1. The third-order valence-corrected chi connectivity index (χ3v) is 5.80. The van der Waals surface area contributed by atoms with Crippen molar-refractivity contribution in [2.24, 2.45) is 11.7 Å². The maximum Gasteiger partial charge on any atom is 0.240 e.